The second-order valence-corrected chi connectivity index (χ2v) is 3.45. The Kier molecular flexibility index (Phi) is 5.60. The zero-order valence-corrected chi connectivity index (χ0v) is 10.3. The first-order valence-corrected chi connectivity index (χ1v) is 5.37. The molecule has 1 N–H and O–H groups in total. The molecule has 5 heteroatoms. The first-order chi connectivity index (χ1) is 8.63. The average molecular weight is 249 g/mol. The third-order valence-corrected chi connectivity index (χ3v) is 2.01. The summed E-state index contributed by atoms with van der Waals surface area (Å²) in [7, 11) is 1.38. The maximum absolute atomic E-state index is 11.7. The third-order valence-electron chi connectivity index (χ3n) is 2.01. The molecule has 0 bridgehead atoms. The lowest BCUT2D eigenvalue weighted by Crippen LogP contribution is -2.26. The zero-order chi connectivity index (χ0) is 13.4. The molecule has 0 radical (unpaired) electrons. The van der Waals surface area contributed by atoms with Crippen LogP contribution in [0.5, 0.6) is 5.75 Å². The molecule has 1 aromatic rings. The number of hydrogen-bond donors (Lipinski definition) is 1. The van der Waals surface area contributed by atoms with Crippen LogP contribution in [0.1, 0.15) is 6.92 Å². The molecular formula is C13H15NO4. The van der Waals surface area contributed by atoms with Gasteiger partial charge in [0.2, 0.25) is 5.91 Å². The number of ether oxygens (including phenoxy) is 2. The maximum atomic E-state index is 11.7. The Morgan fingerprint density at radius 3 is 2.50 bits per heavy atom. The normalized spacial score (nSPS) is 12.1. The van der Waals surface area contributed by atoms with E-state index in [1.54, 1.807) is 24.3 Å². The minimum atomic E-state index is -0.864. The van der Waals surface area contributed by atoms with E-state index < -0.39 is 12.1 Å². The highest BCUT2D eigenvalue weighted by Gasteiger charge is 2.16. The van der Waals surface area contributed by atoms with Crippen molar-refractivity contribution in [2.24, 2.45) is 0 Å². The van der Waals surface area contributed by atoms with Gasteiger partial charge < -0.3 is 14.8 Å². The Bertz CT molecular complexity index is 428. The molecule has 18 heavy (non-hydrogen) atoms. The van der Waals surface area contributed by atoms with Gasteiger partial charge in [-0.2, -0.15) is 0 Å². The van der Waals surface area contributed by atoms with Crippen molar-refractivity contribution in [3.63, 3.8) is 0 Å². The predicted octanol–water partition coefficient (Wildman–Crippen LogP) is 1.26. The highest BCUT2D eigenvalue weighted by atomic mass is 16.6. The number of carbonyl (C=O) groups excluding carboxylic acids is 2. The van der Waals surface area contributed by atoms with Gasteiger partial charge in [0.05, 0.1) is 0 Å². The van der Waals surface area contributed by atoms with Crippen LogP contribution in [0.4, 0.5) is 0 Å². The Labute approximate surface area is 105 Å². The van der Waals surface area contributed by atoms with Crippen LogP contribution in [-0.4, -0.2) is 25.1 Å². The molecule has 1 aromatic carbocycles. The van der Waals surface area contributed by atoms with Gasteiger partial charge in [0, 0.05) is 20.2 Å². The first-order valence-electron chi connectivity index (χ1n) is 5.37. The summed E-state index contributed by atoms with van der Waals surface area (Å²) in [6.07, 6.45) is 1.90. The van der Waals surface area contributed by atoms with Crippen molar-refractivity contribution >= 4 is 11.9 Å². The summed E-state index contributed by atoms with van der Waals surface area (Å²) >= 11 is 0. The van der Waals surface area contributed by atoms with E-state index >= 15 is 0 Å². The number of benzene rings is 1. The van der Waals surface area contributed by atoms with Crippen molar-refractivity contribution in [1.29, 1.82) is 0 Å². The topological polar surface area (TPSA) is 64.6 Å². The molecule has 0 aliphatic carbocycles. The lowest BCUT2D eigenvalue weighted by molar-refractivity contribution is -0.142. The number of esters is 1. The molecule has 96 valence electrons. The van der Waals surface area contributed by atoms with Gasteiger partial charge in [-0.05, 0) is 18.2 Å². The monoisotopic (exact) mass is 249 g/mol. The fraction of sp³-hybridized carbons (Fsp3) is 0.231. The zero-order valence-electron chi connectivity index (χ0n) is 10.3. The number of methoxy groups -OCH3 is 1. The predicted molar refractivity (Wildman–Crippen MR) is 65.8 cm³/mol. The van der Waals surface area contributed by atoms with Gasteiger partial charge in [-0.1, -0.05) is 18.2 Å². The number of amides is 1. The number of carbonyl (C=O) groups is 2. The van der Waals surface area contributed by atoms with Crippen molar-refractivity contribution in [3.05, 3.63) is 42.6 Å². The fourth-order valence-electron chi connectivity index (χ4n) is 1.17. The molecule has 0 heterocycles. The molecule has 1 amide bonds. The molecule has 1 rings (SSSR count). The minimum absolute atomic E-state index is 0.225. The third kappa shape index (κ3) is 4.80. The highest BCUT2D eigenvalue weighted by Crippen LogP contribution is 2.10. The van der Waals surface area contributed by atoms with Gasteiger partial charge in [0.1, 0.15) is 5.75 Å². The quantitative estimate of drug-likeness (QED) is 0.630. The van der Waals surface area contributed by atoms with Gasteiger partial charge in [-0.15, -0.1) is 0 Å². The largest absolute Gasteiger partial charge is 0.424 e. The molecule has 0 fully saturated rings. The molecule has 0 saturated heterocycles. The second kappa shape index (κ2) is 7.24. The molecule has 1 atom stereocenters. The molecule has 0 aliphatic heterocycles. The van der Waals surface area contributed by atoms with E-state index in [1.165, 1.54) is 26.3 Å². The molecule has 1 unspecified atom stereocenters. The Morgan fingerprint density at radius 2 is 1.94 bits per heavy atom. The average Bonchev–Trinajstić information content (AvgIpc) is 2.35. The molecule has 5 nitrogen and oxygen atoms in total. The van der Waals surface area contributed by atoms with Gasteiger partial charge in [0.15, 0.2) is 6.10 Å². The van der Waals surface area contributed by atoms with E-state index in [4.69, 9.17) is 9.47 Å². The standard InChI is InChI=1S/C13H15NO4/c1-10(15)14-9-8-12(17-2)13(16)18-11-6-4-3-5-7-11/h3-9,12H,1-2H3,(H,14,15). The van der Waals surface area contributed by atoms with E-state index in [1.807, 2.05) is 6.07 Å². The van der Waals surface area contributed by atoms with Crippen LogP contribution in [0.25, 0.3) is 0 Å². The van der Waals surface area contributed by atoms with E-state index in [9.17, 15) is 9.59 Å². The molecular weight excluding hydrogens is 234 g/mol. The number of hydrogen-bond acceptors (Lipinski definition) is 4. The van der Waals surface area contributed by atoms with Crippen LogP contribution >= 0.6 is 0 Å². The molecule has 0 aliphatic rings. The van der Waals surface area contributed by atoms with Crippen molar-refractivity contribution in [2.45, 2.75) is 13.0 Å². The summed E-state index contributed by atoms with van der Waals surface area (Å²) in [5.41, 5.74) is 0. The van der Waals surface area contributed by atoms with Crippen LogP contribution in [0.3, 0.4) is 0 Å². The van der Waals surface area contributed by atoms with Crippen LogP contribution in [-0.2, 0) is 14.3 Å². The van der Waals surface area contributed by atoms with Crippen LogP contribution in [0.15, 0.2) is 42.6 Å². The summed E-state index contributed by atoms with van der Waals surface area (Å²) in [6.45, 7) is 1.37. The highest BCUT2D eigenvalue weighted by molar-refractivity contribution is 5.79. The summed E-state index contributed by atoms with van der Waals surface area (Å²) in [5, 5.41) is 2.42. The molecule has 0 aromatic heterocycles. The number of nitrogens with one attached hydrogen (secondary N) is 1. The Balaban J connectivity index is 2.57. The first kappa shape index (κ1) is 13.9. The summed E-state index contributed by atoms with van der Waals surface area (Å²) < 4.78 is 10.1. The van der Waals surface area contributed by atoms with Gasteiger partial charge in [0.25, 0.3) is 0 Å². The van der Waals surface area contributed by atoms with Crippen molar-refractivity contribution in [3.8, 4) is 5.75 Å². The lowest BCUT2D eigenvalue weighted by atomic mass is 10.3. The van der Waals surface area contributed by atoms with Gasteiger partial charge in [-0.3, -0.25) is 4.79 Å². The van der Waals surface area contributed by atoms with Crippen molar-refractivity contribution in [2.75, 3.05) is 7.11 Å². The SMILES string of the molecule is COC(C=CNC(C)=O)C(=O)Oc1ccccc1. The van der Waals surface area contributed by atoms with E-state index in [0.29, 0.717) is 5.75 Å². The summed E-state index contributed by atoms with van der Waals surface area (Å²) in [4.78, 5) is 22.4. The Morgan fingerprint density at radius 1 is 1.28 bits per heavy atom. The molecule has 0 spiro atoms. The van der Waals surface area contributed by atoms with E-state index in [-0.39, 0.29) is 5.91 Å². The van der Waals surface area contributed by atoms with Crippen LogP contribution < -0.4 is 10.1 Å². The van der Waals surface area contributed by atoms with Crippen LogP contribution in [0.2, 0.25) is 0 Å². The van der Waals surface area contributed by atoms with Gasteiger partial charge >= 0.3 is 5.97 Å². The maximum Gasteiger partial charge on any atom is 0.344 e. The second-order valence-electron chi connectivity index (χ2n) is 3.45. The summed E-state index contributed by atoms with van der Waals surface area (Å²) in [5.74, 6) is -0.333. The van der Waals surface area contributed by atoms with E-state index in [2.05, 4.69) is 5.32 Å². The van der Waals surface area contributed by atoms with Gasteiger partial charge in [-0.25, -0.2) is 4.79 Å². The van der Waals surface area contributed by atoms with Crippen LogP contribution in [0, 0.1) is 0 Å². The lowest BCUT2D eigenvalue weighted by Gasteiger charge is -2.10. The van der Waals surface area contributed by atoms with E-state index in [0.717, 1.165) is 0 Å². The number of para-hydroxylation sites is 1. The summed E-state index contributed by atoms with van der Waals surface area (Å²) in [6, 6.07) is 8.68. The fourth-order valence-corrected chi connectivity index (χ4v) is 1.17. The Hall–Kier alpha value is -2.14. The molecule has 0 saturated carbocycles. The van der Waals surface area contributed by atoms with Crippen molar-refractivity contribution in [1.82, 2.24) is 5.32 Å². The minimum Gasteiger partial charge on any atom is -0.424 e. The smallest absolute Gasteiger partial charge is 0.344 e. The van der Waals surface area contributed by atoms with Crippen molar-refractivity contribution < 1.29 is 19.1 Å². The number of rotatable bonds is 5.